The number of benzene rings is 2. The molecule has 4 rings (SSSR count). The summed E-state index contributed by atoms with van der Waals surface area (Å²) in [6.45, 7) is 2.40. The van der Waals surface area contributed by atoms with E-state index in [2.05, 4.69) is 17.1 Å². The van der Waals surface area contributed by atoms with Crippen molar-refractivity contribution in [2.75, 3.05) is 6.61 Å². The molecule has 6 heteroatoms. The Morgan fingerprint density at radius 1 is 1.25 bits per heavy atom. The van der Waals surface area contributed by atoms with Crippen molar-refractivity contribution >= 4 is 40.1 Å². The summed E-state index contributed by atoms with van der Waals surface area (Å²) in [5.41, 5.74) is 2.95. The van der Waals surface area contributed by atoms with Gasteiger partial charge in [0, 0.05) is 11.3 Å². The van der Waals surface area contributed by atoms with Crippen LogP contribution in [0.3, 0.4) is 0 Å². The highest BCUT2D eigenvalue weighted by Gasteiger charge is 2.44. The summed E-state index contributed by atoms with van der Waals surface area (Å²) in [7, 11) is 0. The van der Waals surface area contributed by atoms with E-state index >= 15 is 0 Å². The third kappa shape index (κ3) is 3.20. The van der Waals surface area contributed by atoms with E-state index in [-0.39, 0.29) is 12.3 Å². The molecular formula is C22H21Cl2NO3. The molecule has 2 unspecified atom stereocenters. The fourth-order valence-electron chi connectivity index (χ4n) is 4.27. The van der Waals surface area contributed by atoms with Crippen molar-refractivity contribution in [2.24, 2.45) is 0 Å². The molecule has 1 aliphatic heterocycles. The van der Waals surface area contributed by atoms with Gasteiger partial charge in [-0.25, -0.2) is 0 Å². The van der Waals surface area contributed by atoms with Crippen molar-refractivity contribution in [1.29, 1.82) is 0 Å². The molecule has 0 spiro atoms. The van der Waals surface area contributed by atoms with Gasteiger partial charge in [-0.2, -0.15) is 0 Å². The summed E-state index contributed by atoms with van der Waals surface area (Å²) >= 11 is 12.7. The van der Waals surface area contributed by atoms with Crippen LogP contribution in [0.5, 0.6) is 0 Å². The molecule has 1 aliphatic rings. The molecule has 2 atom stereocenters. The summed E-state index contributed by atoms with van der Waals surface area (Å²) in [5.74, 6) is -0.797. The van der Waals surface area contributed by atoms with E-state index < -0.39 is 11.6 Å². The minimum Gasteiger partial charge on any atom is -0.481 e. The van der Waals surface area contributed by atoms with Crippen LogP contribution in [0.1, 0.15) is 42.5 Å². The quantitative estimate of drug-likeness (QED) is 0.541. The lowest BCUT2D eigenvalue weighted by Crippen LogP contribution is -2.39. The van der Waals surface area contributed by atoms with E-state index in [1.54, 1.807) is 6.07 Å². The van der Waals surface area contributed by atoms with E-state index in [1.807, 2.05) is 31.2 Å². The monoisotopic (exact) mass is 417 g/mol. The Morgan fingerprint density at radius 2 is 2.00 bits per heavy atom. The maximum atomic E-state index is 11.6. The van der Waals surface area contributed by atoms with Crippen LogP contribution in [0.25, 0.3) is 10.9 Å². The van der Waals surface area contributed by atoms with Crippen LogP contribution in [-0.2, 0) is 21.6 Å². The van der Waals surface area contributed by atoms with Gasteiger partial charge in [0.25, 0.3) is 0 Å². The summed E-state index contributed by atoms with van der Waals surface area (Å²) in [4.78, 5) is 15.0. The SMILES string of the molecule is CCC1(CC(=O)O)OCC(Cc2ccccc2)c2c1[nH]c1c(Cl)c(Cl)ccc21. The molecule has 0 radical (unpaired) electrons. The van der Waals surface area contributed by atoms with Gasteiger partial charge in [-0.05, 0) is 30.0 Å². The van der Waals surface area contributed by atoms with Gasteiger partial charge in [-0.3, -0.25) is 4.79 Å². The minimum absolute atomic E-state index is 0.0943. The van der Waals surface area contributed by atoms with Crippen LogP contribution in [-0.4, -0.2) is 22.7 Å². The minimum atomic E-state index is -0.900. The number of rotatable bonds is 5. The summed E-state index contributed by atoms with van der Waals surface area (Å²) < 4.78 is 6.25. The largest absolute Gasteiger partial charge is 0.481 e. The maximum Gasteiger partial charge on any atom is 0.306 e. The Kier molecular flexibility index (Phi) is 5.13. The van der Waals surface area contributed by atoms with Crippen LogP contribution in [0.2, 0.25) is 10.0 Å². The molecule has 146 valence electrons. The molecule has 0 amide bonds. The fourth-order valence-corrected chi connectivity index (χ4v) is 4.64. The standard InChI is InChI=1S/C22H21Cl2NO3/c1-2-22(11-17(26)27)21-18(15-8-9-16(23)19(24)20(15)25-21)14(12-28-22)10-13-6-4-3-5-7-13/h3-9,14,25H,2,10-12H2,1H3,(H,26,27). The van der Waals surface area contributed by atoms with Crippen molar-refractivity contribution in [3.63, 3.8) is 0 Å². The van der Waals surface area contributed by atoms with Crippen molar-refractivity contribution in [3.05, 3.63) is 69.3 Å². The highest BCUT2D eigenvalue weighted by atomic mass is 35.5. The predicted octanol–water partition coefficient (Wildman–Crippen LogP) is 5.91. The van der Waals surface area contributed by atoms with Gasteiger partial charge in [0.1, 0.15) is 5.60 Å². The predicted molar refractivity (Wildman–Crippen MR) is 111 cm³/mol. The zero-order chi connectivity index (χ0) is 19.9. The molecule has 2 aromatic carbocycles. The van der Waals surface area contributed by atoms with Crippen LogP contribution < -0.4 is 0 Å². The van der Waals surface area contributed by atoms with Crippen molar-refractivity contribution in [2.45, 2.75) is 37.7 Å². The Hall–Kier alpha value is -2.01. The lowest BCUT2D eigenvalue weighted by molar-refractivity contribution is -0.149. The van der Waals surface area contributed by atoms with Crippen LogP contribution in [0, 0.1) is 0 Å². The number of aliphatic carboxylic acids is 1. The Morgan fingerprint density at radius 3 is 2.68 bits per heavy atom. The van der Waals surface area contributed by atoms with Gasteiger partial charge < -0.3 is 14.8 Å². The molecule has 3 aromatic rings. The van der Waals surface area contributed by atoms with Gasteiger partial charge in [0.15, 0.2) is 0 Å². The van der Waals surface area contributed by atoms with Crippen molar-refractivity contribution in [3.8, 4) is 0 Å². The number of nitrogens with one attached hydrogen (secondary N) is 1. The highest BCUT2D eigenvalue weighted by molar-refractivity contribution is 6.45. The number of aromatic amines is 1. The number of halogens is 2. The van der Waals surface area contributed by atoms with E-state index in [9.17, 15) is 9.90 Å². The number of hydrogen-bond acceptors (Lipinski definition) is 2. The highest BCUT2D eigenvalue weighted by Crippen LogP contribution is 2.48. The molecule has 0 saturated heterocycles. The summed E-state index contributed by atoms with van der Waals surface area (Å²) in [6.07, 6.45) is 1.24. The first-order chi connectivity index (χ1) is 13.4. The van der Waals surface area contributed by atoms with E-state index in [0.717, 1.165) is 28.6 Å². The van der Waals surface area contributed by atoms with E-state index in [0.29, 0.717) is 23.1 Å². The number of carboxylic acids is 1. The second kappa shape index (κ2) is 7.43. The number of aromatic nitrogens is 1. The number of hydrogen-bond donors (Lipinski definition) is 2. The molecule has 1 aromatic heterocycles. The molecule has 4 nitrogen and oxygen atoms in total. The second-order valence-corrected chi connectivity index (χ2v) is 8.10. The number of carboxylic acid groups (broad SMARTS) is 1. The second-order valence-electron chi connectivity index (χ2n) is 7.31. The first kappa shape index (κ1) is 19.3. The number of H-pyrrole nitrogens is 1. The van der Waals surface area contributed by atoms with Gasteiger partial charge in [-0.15, -0.1) is 0 Å². The number of ether oxygens (including phenoxy) is 1. The molecule has 0 aliphatic carbocycles. The zero-order valence-electron chi connectivity index (χ0n) is 15.5. The molecule has 2 N–H and O–H groups in total. The van der Waals surface area contributed by atoms with Crippen LogP contribution in [0.15, 0.2) is 42.5 Å². The fraction of sp³-hybridized carbons (Fsp3) is 0.318. The first-order valence-electron chi connectivity index (χ1n) is 9.35. The third-order valence-electron chi connectivity index (χ3n) is 5.66. The average molecular weight is 418 g/mol. The summed E-state index contributed by atoms with van der Waals surface area (Å²) in [6, 6.07) is 14.0. The van der Waals surface area contributed by atoms with Crippen molar-refractivity contribution < 1.29 is 14.6 Å². The zero-order valence-corrected chi connectivity index (χ0v) is 17.0. The molecule has 0 bridgehead atoms. The molecule has 2 heterocycles. The van der Waals surface area contributed by atoms with Crippen LogP contribution in [0.4, 0.5) is 0 Å². The molecule has 28 heavy (non-hydrogen) atoms. The molecule has 0 saturated carbocycles. The van der Waals surface area contributed by atoms with Gasteiger partial charge in [-0.1, -0.05) is 66.5 Å². The Labute approximate surface area is 173 Å². The Balaban J connectivity index is 1.91. The van der Waals surface area contributed by atoms with Gasteiger partial charge in [0.2, 0.25) is 0 Å². The number of fused-ring (bicyclic) bond motifs is 3. The van der Waals surface area contributed by atoms with Gasteiger partial charge in [0.05, 0.1) is 34.3 Å². The molecule has 0 fully saturated rings. The van der Waals surface area contributed by atoms with Gasteiger partial charge >= 0.3 is 5.97 Å². The number of carbonyl (C=O) groups is 1. The molecular weight excluding hydrogens is 397 g/mol. The van der Waals surface area contributed by atoms with Crippen molar-refractivity contribution in [1.82, 2.24) is 4.98 Å². The first-order valence-corrected chi connectivity index (χ1v) is 10.1. The van der Waals surface area contributed by atoms with Crippen LogP contribution >= 0.6 is 23.2 Å². The average Bonchev–Trinajstić information content (AvgIpc) is 3.09. The topological polar surface area (TPSA) is 62.3 Å². The Bertz CT molecular complexity index is 1030. The smallest absolute Gasteiger partial charge is 0.306 e. The lowest BCUT2D eigenvalue weighted by atomic mass is 9.80. The third-order valence-corrected chi connectivity index (χ3v) is 6.47. The maximum absolute atomic E-state index is 11.6. The van der Waals surface area contributed by atoms with E-state index in [4.69, 9.17) is 27.9 Å². The lowest BCUT2D eigenvalue weighted by Gasteiger charge is -2.39. The van der Waals surface area contributed by atoms with E-state index in [1.165, 1.54) is 5.56 Å². The summed E-state index contributed by atoms with van der Waals surface area (Å²) in [5, 5.41) is 11.4. The normalized spacial score (nSPS) is 21.6.